The Bertz CT molecular complexity index is 861. The van der Waals surface area contributed by atoms with Crippen molar-refractivity contribution in [1.29, 1.82) is 0 Å². The third kappa shape index (κ3) is 4.39. The number of nitrogens with zero attached hydrogens (tertiary/aromatic N) is 1. The normalized spacial score (nSPS) is 11.0. The van der Waals surface area contributed by atoms with Gasteiger partial charge in [0.25, 0.3) is 0 Å². The second kappa shape index (κ2) is 8.17. The van der Waals surface area contributed by atoms with Crippen LogP contribution in [0.25, 0.3) is 20.2 Å². The quantitative estimate of drug-likeness (QED) is 0.593. The Morgan fingerprint density at radius 1 is 1.12 bits per heavy atom. The first-order valence-electron chi connectivity index (χ1n) is 7.44. The van der Waals surface area contributed by atoms with Gasteiger partial charge < -0.3 is 9.64 Å². The smallest absolute Gasteiger partial charge is 0.310 e. The van der Waals surface area contributed by atoms with Crippen LogP contribution in [0.3, 0.4) is 0 Å². The minimum atomic E-state index is -0.185. The first-order valence-corrected chi connectivity index (χ1v) is 8.63. The number of carbonyl (C=O) groups is 1. The Morgan fingerprint density at radius 3 is 2.67 bits per heavy atom. The van der Waals surface area contributed by atoms with Crippen LogP contribution in [0.4, 0.5) is 0 Å². The lowest BCUT2D eigenvalue weighted by atomic mass is 10.1. The topological polar surface area (TPSA) is 29.5 Å². The highest BCUT2D eigenvalue weighted by Gasteiger charge is 2.09. The Labute approximate surface area is 156 Å². The van der Waals surface area contributed by atoms with Gasteiger partial charge in [0.2, 0.25) is 0 Å². The van der Waals surface area contributed by atoms with Gasteiger partial charge in [-0.15, -0.1) is 23.7 Å². The van der Waals surface area contributed by atoms with Crippen molar-refractivity contribution in [3.63, 3.8) is 0 Å². The average molecular weight is 384 g/mol. The molecule has 0 N–H and O–H groups in total. The number of esters is 1. The van der Waals surface area contributed by atoms with Crippen LogP contribution in [-0.4, -0.2) is 38.1 Å². The number of halogens is 2. The summed E-state index contributed by atoms with van der Waals surface area (Å²) in [5.74, 6) is -0.185. The van der Waals surface area contributed by atoms with Gasteiger partial charge in [-0.25, -0.2) is 0 Å². The van der Waals surface area contributed by atoms with E-state index < -0.39 is 0 Å². The van der Waals surface area contributed by atoms with Gasteiger partial charge in [-0.3, -0.25) is 4.79 Å². The van der Waals surface area contributed by atoms with Crippen molar-refractivity contribution in [2.75, 3.05) is 27.2 Å². The number of likely N-dealkylation sites (N-methyl/N-ethyl adjacent to an activating group) is 1. The number of hydrogen-bond donors (Lipinski definition) is 0. The summed E-state index contributed by atoms with van der Waals surface area (Å²) in [5.41, 5.74) is 0.977. The summed E-state index contributed by atoms with van der Waals surface area (Å²) < 4.78 is 7.62. The average Bonchev–Trinajstić information content (AvgIpc) is 2.83. The first kappa shape index (κ1) is 19.0. The van der Waals surface area contributed by atoms with Crippen LogP contribution in [0, 0.1) is 0 Å². The Morgan fingerprint density at radius 2 is 1.92 bits per heavy atom. The molecule has 3 nitrogen and oxygen atoms in total. The molecule has 0 saturated heterocycles. The number of benzene rings is 2. The van der Waals surface area contributed by atoms with Crippen LogP contribution in [0.2, 0.25) is 5.02 Å². The fourth-order valence-corrected chi connectivity index (χ4v) is 3.79. The SMILES string of the molecule is CN(C)CCOC(=O)Cc1ccc2c(c1)sc1ccc(Cl)cc12.Cl. The molecular formula is C18H19Cl2NO2S. The van der Waals surface area contributed by atoms with Crippen molar-refractivity contribution in [3.8, 4) is 0 Å². The summed E-state index contributed by atoms with van der Waals surface area (Å²) in [7, 11) is 3.91. The molecule has 128 valence electrons. The van der Waals surface area contributed by atoms with Crippen LogP contribution >= 0.6 is 35.3 Å². The third-order valence-corrected chi connectivity index (χ3v) is 5.02. The lowest BCUT2D eigenvalue weighted by molar-refractivity contribution is -0.143. The van der Waals surface area contributed by atoms with E-state index in [0.29, 0.717) is 13.0 Å². The summed E-state index contributed by atoms with van der Waals surface area (Å²) in [4.78, 5) is 13.9. The molecule has 1 aromatic heterocycles. The Balaban J connectivity index is 0.00000208. The van der Waals surface area contributed by atoms with E-state index in [9.17, 15) is 4.79 Å². The van der Waals surface area contributed by atoms with E-state index >= 15 is 0 Å². The molecule has 3 rings (SSSR count). The van der Waals surface area contributed by atoms with Crippen LogP contribution in [0.1, 0.15) is 5.56 Å². The first-order chi connectivity index (χ1) is 11.0. The highest BCUT2D eigenvalue weighted by molar-refractivity contribution is 7.25. The zero-order valence-electron chi connectivity index (χ0n) is 13.5. The summed E-state index contributed by atoms with van der Waals surface area (Å²) in [5, 5.41) is 3.08. The number of thiophene rings is 1. The molecule has 2 aromatic carbocycles. The fraction of sp³-hybridized carbons (Fsp3) is 0.278. The van der Waals surface area contributed by atoms with Gasteiger partial charge in [-0.05, 0) is 43.9 Å². The van der Waals surface area contributed by atoms with Crippen molar-refractivity contribution in [2.24, 2.45) is 0 Å². The molecule has 0 fully saturated rings. The molecule has 0 aliphatic rings. The number of ether oxygens (including phenoxy) is 1. The van der Waals surface area contributed by atoms with Gasteiger partial charge in [0.15, 0.2) is 0 Å². The summed E-state index contributed by atoms with van der Waals surface area (Å²) in [6, 6.07) is 12.1. The van der Waals surface area contributed by atoms with Crippen molar-refractivity contribution in [2.45, 2.75) is 6.42 Å². The maximum absolute atomic E-state index is 11.9. The Kier molecular flexibility index (Phi) is 6.47. The number of fused-ring (bicyclic) bond motifs is 3. The fourth-order valence-electron chi connectivity index (χ4n) is 2.46. The molecule has 0 saturated carbocycles. The highest BCUT2D eigenvalue weighted by Crippen LogP contribution is 2.35. The monoisotopic (exact) mass is 383 g/mol. The molecule has 0 radical (unpaired) electrons. The molecule has 3 aromatic rings. The van der Waals surface area contributed by atoms with Gasteiger partial charge in [-0.2, -0.15) is 0 Å². The van der Waals surface area contributed by atoms with E-state index in [1.807, 2.05) is 43.3 Å². The molecule has 0 bridgehead atoms. The maximum atomic E-state index is 11.9. The summed E-state index contributed by atoms with van der Waals surface area (Å²) in [6.45, 7) is 1.16. The van der Waals surface area contributed by atoms with Gasteiger partial charge >= 0.3 is 5.97 Å². The largest absolute Gasteiger partial charge is 0.464 e. The second-order valence-corrected chi connectivity index (χ2v) is 7.29. The highest BCUT2D eigenvalue weighted by atomic mass is 35.5. The van der Waals surface area contributed by atoms with E-state index in [-0.39, 0.29) is 18.4 Å². The van der Waals surface area contributed by atoms with Gasteiger partial charge in [0, 0.05) is 31.7 Å². The molecule has 6 heteroatoms. The van der Waals surface area contributed by atoms with Crippen molar-refractivity contribution < 1.29 is 9.53 Å². The predicted octanol–water partition coefficient (Wildman–Crippen LogP) is 4.78. The zero-order chi connectivity index (χ0) is 16.4. The molecule has 0 aliphatic heterocycles. The van der Waals surface area contributed by atoms with Crippen LogP contribution in [-0.2, 0) is 16.0 Å². The molecular weight excluding hydrogens is 365 g/mol. The zero-order valence-corrected chi connectivity index (χ0v) is 15.9. The van der Waals surface area contributed by atoms with Crippen molar-refractivity contribution in [3.05, 3.63) is 47.0 Å². The predicted molar refractivity (Wildman–Crippen MR) is 105 cm³/mol. The lowest BCUT2D eigenvalue weighted by Crippen LogP contribution is -2.20. The van der Waals surface area contributed by atoms with E-state index in [1.165, 1.54) is 14.8 Å². The molecule has 0 aliphatic carbocycles. The lowest BCUT2D eigenvalue weighted by Gasteiger charge is -2.09. The molecule has 0 amide bonds. The van der Waals surface area contributed by atoms with E-state index in [2.05, 4.69) is 12.1 Å². The van der Waals surface area contributed by atoms with Crippen molar-refractivity contribution in [1.82, 2.24) is 4.90 Å². The summed E-state index contributed by atoms with van der Waals surface area (Å²) >= 11 is 7.80. The standard InChI is InChI=1S/C18H18ClNO2S.ClH/c1-20(2)7-8-22-18(21)10-12-3-5-14-15-11-13(19)4-6-16(15)23-17(14)9-12;/h3-6,9,11H,7-8,10H2,1-2H3;1H. The van der Waals surface area contributed by atoms with E-state index in [4.69, 9.17) is 16.3 Å². The molecule has 0 spiro atoms. The second-order valence-electron chi connectivity index (χ2n) is 5.77. The molecule has 1 heterocycles. The van der Waals surface area contributed by atoms with Crippen molar-refractivity contribution >= 4 is 61.5 Å². The van der Waals surface area contributed by atoms with Gasteiger partial charge in [0.05, 0.1) is 6.42 Å². The van der Waals surface area contributed by atoms with Gasteiger partial charge in [0.1, 0.15) is 6.61 Å². The number of hydrogen-bond acceptors (Lipinski definition) is 4. The number of carbonyl (C=O) groups excluding carboxylic acids is 1. The molecule has 0 atom stereocenters. The van der Waals surface area contributed by atoms with Crippen LogP contribution in [0.5, 0.6) is 0 Å². The maximum Gasteiger partial charge on any atom is 0.310 e. The van der Waals surface area contributed by atoms with E-state index in [1.54, 1.807) is 11.3 Å². The minimum absolute atomic E-state index is 0. The third-order valence-electron chi connectivity index (χ3n) is 3.65. The van der Waals surface area contributed by atoms with Crippen LogP contribution < -0.4 is 0 Å². The minimum Gasteiger partial charge on any atom is -0.464 e. The van der Waals surface area contributed by atoms with Crippen LogP contribution in [0.15, 0.2) is 36.4 Å². The summed E-state index contributed by atoms with van der Waals surface area (Å²) in [6.07, 6.45) is 0.304. The van der Waals surface area contributed by atoms with E-state index in [0.717, 1.165) is 22.5 Å². The molecule has 24 heavy (non-hydrogen) atoms. The number of rotatable bonds is 5. The van der Waals surface area contributed by atoms with Gasteiger partial charge in [-0.1, -0.05) is 23.7 Å². The molecule has 0 unspecified atom stereocenters. The Hall–Kier alpha value is -1.33.